The van der Waals surface area contributed by atoms with Gasteiger partial charge < -0.3 is 15.8 Å². The van der Waals surface area contributed by atoms with E-state index in [4.69, 9.17) is 22.5 Å². The number of halogens is 1. The second-order valence-electron chi connectivity index (χ2n) is 4.14. The summed E-state index contributed by atoms with van der Waals surface area (Å²) in [4.78, 5) is 2.25. The largest absolute Gasteiger partial charge is 0.409 e. The summed E-state index contributed by atoms with van der Waals surface area (Å²) in [7, 11) is 0. The predicted molar refractivity (Wildman–Crippen MR) is 76.8 cm³/mol. The summed E-state index contributed by atoms with van der Waals surface area (Å²) < 4.78 is 0. The molecule has 0 fully saturated rings. The first-order valence-electron chi connectivity index (χ1n) is 6.16. The predicted octanol–water partition coefficient (Wildman–Crippen LogP) is 3.06. The molecule has 0 atom stereocenters. The molecule has 0 spiro atoms. The Morgan fingerprint density at radius 2 is 1.94 bits per heavy atom. The lowest BCUT2D eigenvalue weighted by Gasteiger charge is -2.25. The quantitative estimate of drug-likeness (QED) is 0.361. The average molecular weight is 270 g/mol. The number of hydrogen-bond acceptors (Lipinski definition) is 3. The molecular weight excluding hydrogens is 250 g/mol. The SMILES string of the molecule is CCCN(CCC)c1ccc(C(N)=NO)cc1Cl. The van der Waals surface area contributed by atoms with Crippen LogP contribution in [0.1, 0.15) is 32.3 Å². The third-order valence-corrected chi connectivity index (χ3v) is 2.98. The molecule has 0 aliphatic rings. The molecule has 100 valence electrons. The van der Waals surface area contributed by atoms with Gasteiger partial charge in [0.05, 0.1) is 10.7 Å². The van der Waals surface area contributed by atoms with Gasteiger partial charge in [0.1, 0.15) is 0 Å². The highest BCUT2D eigenvalue weighted by Crippen LogP contribution is 2.27. The zero-order valence-corrected chi connectivity index (χ0v) is 11.6. The van der Waals surface area contributed by atoms with E-state index >= 15 is 0 Å². The zero-order valence-electron chi connectivity index (χ0n) is 10.9. The fourth-order valence-corrected chi connectivity index (χ4v) is 2.17. The van der Waals surface area contributed by atoms with Crippen molar-refractivity contribution in [1.29, 1.82) is 0 Å². The van der Waals surface area contributed by atoms with Crippen molar-refractivity contribution in [1.82, 2.24) is 0 Å². The smallest absolute Gasteiger partial charge is 0.170 e. The summed E-state index contributed by atoms with van der Waals surface area (Å²) in [6.07, 6.45) is 2.14. The van der Waals surface area contributed by atoms with E-state index in [1.54, 1.807) is 6.07 Å². The van der Waals surface area contributed by atoms with Crippen molar-refractivity contribution in [2.75, 3.05) is 18.0 Å². The lowest BCUT2D eigenvalue weighted by molar-refractivity contribution is 0.318. The molecular formula is C13H20ClN3O. The van der Waals surface area contributed by atoms with Crippen LogP contribution in [0.2, 0.25) is 5.02 Å². The van der Waals surface area contributed by atoms with Crippen LogP contribution in [0.4, 0.5) is 5.69 Å². The third-order valence-electron chi connectivity index (χ3n) is 2.68. The molecule has 0 aliphatic carbocycles. The molecule has 0 saturated heterocycles. The minimum Gasteiger partial charge on any atom is -0.409 e. The molecule has 1 aromatic carbocycles. The average Bonchev–Trinajstić information content (AvgIpc) is 2.37. The van der Waals surface area contributed by atoms with Crippen LogP contribution in [0.5, 0.6) is 0 Å². The van der Waals surface area contributed by atoms with Crippen LogP contribution in [0.15, 0.2) is 23.4 Å². The topological polar surface area (TPSA) is 61.8 Å². The van der Waals surface area contributed by atoms with Gasteiger partial charge >= 0.3 is 0 Å². The van der Waals surface area contributed by atoms with Gasteiger partial charge in [0.25, 0.3) is 0 Å². The number of benzene rings is 1. The van der Waals surface area contributed by atoms with Crippen molar-refractivity contribution in [2.24, 2.45) is 10.9 Å². The van der Waals surface area contributed by atoms with Crippen LogP contribution in [0, 0.1) is 0 Å². The van der Waals surface area contributed by atoms with Gasteiger partial charge in [0, 0.05) is 18.7 Å². The molecule has 18 heavy (non-hydrogen) atoms. The summed E-state index contributed by atoms with van der Waals surface area (Å²) in [6, 6.07) is 5.46. The number of nitrogens with zero attached hydrogens (tertiary/aromatic N) is 2. The molecule has 1 aromatic rings. The van der Waals surface area contributed by atoms with Crippen LogP contribution in [0.3, 0.4) is 0 Å². The van der Waals surface area contributed by atoms with Crippen molar-refractivity contribution in [3.63, 3.8) is 0 Å². The van der Waals surface area contributed by atoms with Gasteiger partial charge in [-0.3, -0.25) is 0 Å². The Morgan fingerprint density at radius 1 is 1.33 bits per heavy atom. The van der Waals surface area contributed by atoms with Gasteiger partial charge in [0.15, 0.2) is 5.84 Å². The number of rotatable bonds is 6. The van der Waals surface area contributed by atoms with Crippen LogP contribution in [0.25, 0.3) is 0 Å². The van der Waals surface area contributed by atoms with E-state index in [0.29, 0.717) is 10.6 Å². The molecule has 0 saturated carbocycles. The monoisotopic (exact) mass is 269 g/mol. The van der Waals surface area contributed by atoms with Crippen LogP contribution >= 0.6 is 11.6 Å². The van der Waals surface area contributed by atoms with E-state index in [0.717, 1.165) is 31.6 Å². The number of hydrogen-bond donors (Lipinski definition) is 2. The van der Waals surface area contributed by atoms with Gasteiger partial charge in [-0.25, -0.2) is 0 Å². The normalized spacial score (nSPS) is 11.6. The van der Waals surface area contributed by atoms with Crippen molar-refractivity contribution in [3.8, 4) is 0 Å². The molecule has 0 aromatic heterocycles. The maximum absolute atomic E-state index is 8.64. The minimum atomic E-state index is 0.0704. The Kier molecular flexibility index (Phi) is 5.78. The highest BCUT2D eigenvalue weighted by Gasteiger charge is 2.10. The molecule has 1 rings (SSSR count). The first-order chi connectivity index (χ1) is 8.63. The Hall–Kier alpha value is -1.42. The molecule has 0 radical (unpaired) electrons. The zero-order chi connectivity index (χ0) is 13.5. The number of oxime groups is 1. The number of anilines is 1. The second kappa shape index (κ2) is 7.11. The molecule has 4 nitrogen and oxygen atoms in total. The van der Waals surface area contributed by atoms with Crippen molar-refractivity contribution >= 4 is 23.1 Å². The van der Waals surface area contributed by atoms with E-state index in [-0.39, 0.29) is 5.84 Å². The number of nitrogens with two attached hydrogens (primary N) is 1. The van der Waals surface area contributed by atoms with Gasteiger partial charge in [-0.1, -0.05) is 30.6 Å². The molecule has 0 heterocycles. The summed E-state index contributed by atoms with van der Waals surface area (Å²) in [5, 5.41) is 12.2. The molecule has 0 aliphatic heterocycles. The van der Waals surface area contributed by atoms with Crippen LogP contribution < -0.4 is 10.6 Å². The van der Waals surface area contributed by atoms with E-state index < -0.39 is 0 Å². The summed E-state index contributed by atoms with van der Waals surface area (Å²) in [5.41, 5.74) is 7.15. The summed E-state index contributed by atoms with van der Waals surface area (Å²) in [5.74, 6) is 0.0704. The molecule has 3 N–H and O–H groups in total. The van der Waals surface area contributed by atoms with E-state index in [9.17, 15) is 0 Å². The van der Waals surface area contributed by atoms with Crippen molar-refractivity contribution in [2.45, 2.75) is 26.7 Å². The Balaban J connectivity index is 3.02. The Labute approximate surface area is 113 Å². The third kappa shape index (κ3) is 3.53. The summed E-state index contributed by atoms with van der Waals surface area (Å²) >= 11 is 6.26. The Bertz CT molecular complexity index is 415. The highest BCUT2D eigenvalue weighted by atomic mass is 35.5. The number of amidine groups is 1. The fraction of sp³-hybridized carbons (Fsp3) is 0.462. The van der Waals surface area contributed by atoms with Gasteiger partial charge in [-0.05, 0) is 31.0 Å². The lowest BCUT2D eigenvalue weighted by atomic mass is 10.1. The van der Waals surface area contributed by atoms with Crippen molar-refractivity contribution < 1.29 is 5.21 Å². The minimum absolute atomic E-state index is 0.0704. The highest BCUT2D eigenvalue weighted by molar-refractivity contribution is 6.33. The van der Waals surface area contributed by atoms with Gasteiger partial charge in [-0.15, -0.1) is 0 Å². The van der Waals surface area contributed by atoms with Gasteiger partial charge in [0.2, 0.25) is 0 Å². The molecule has 0 amide bonds. The fourth-order valence-electron chi connectivity index (χ4n) is 1.87. The maximum atomic E-state index is 8.64. The molecule has 0 bridgehead atoms. The van der Waals surface area contributed by atoms with Crippen molar-refractivity contribution in [3.05, 3.63) is 28.8 Å². The first-order valence-corrected chi connectivity index (χ1v) is 6.54. The molecule has 5 heteroatoms. The van der Waals surface area contributed by atoms with E-state index in [1.165, 1.54) is 0 Å². The summed E-state index contributed by atoms with van der Waals surface area (Å²) in [6.45, 7) is 6.22. The standard InChI is InChI=1S/C13H20ClN3O/c1-3-7-17(8-4-2)12-6-5-10(9-11(12)14)13(15)16-18/h5-6,9,18H,3-4,7-8H2,1-2H3,(H2,15,16). The van der Waals surface area contributed by atoms with Gasteiger partial charge in [-0.2, -0.15) is 0 Å². The van der Waals surface area contributed by atoms with E-state index in [2.05, 4.69) is 23.9 Å². The molecule has 0 unspecified atom stereocenters. The second-order valence-corrected chi connectivity index (χ2v) is 4.55. The van der Waals surface area contributed by atoms with Crippen LogP contribution in [-0.2, 0) is 0 Å². The maximum Gasteiger partial charge on any atom is 0.170 e. The first kappa shape index (κ1) is 14.6. The van der Waals surface area contributed by atoms with E-state index in [1.807, 2.05) is 12.1 Å². The lowest BCUT2D eigenvalue weighted by Crippen LogP contribution is -2.25. The van der Waals surface area contributed by atoms with Crippen LogP contribution in [-0.4, -0.2) is 24.1 Å². The Morgan fingerprint density at radius 3 is 2.39 bits per heavy atom.